The Morgan fingerprint density at radius 1 is 0.714 bits per heavy atom. The number of sulfonamides is 1. The minimum atomic E-state index is -3.57. The molecule has 0 atom stereocenters. The van der Waals surface area contributed by atoms with Crippen molar-refractivity contribution in [2.24, 2.45) is 5.92 Å². The largest absolute Gasteiger partial charge is 0.457 e. The Bertz CT molecular complexity index is 1200. The van der Waals surface area contributed by atoms with Gasteiger partial charge in [-0.25, -0.2) is 8.42 Å². The first-order chi connectivity index (χ1) is 17.0. The molecule has 0 unspecified atom stereocenters. The highest BCUT2D eigenvalue weighted by molar-refractivity contribution is 7.89. The topological polar surface area (TPSA) is 78.9 Å². The summed E-state index contributed by atoms with van der Waals surface area (Å²) in [6, 6.07) is 20.0. The minimum absolute atomic E-state index is 0.270. The van der Waals surface area contributed by atoms with Crippen LogP contribution in [0, 0.1) is 5.92 Å². The molecule has 3 aromatic rings. The van der Waals surface area contributed by atoms with E-state index in [9.17, 15) is 8.42 Å². The highest BCUT2D eigenvalue weighted by atomic mass is 32.2. The SMILES string of the molecule is CC1CCN(c2ccc(N3CCN(S(=O)(=O)c4ccc(Oc5ccccc5)cc4)CC3)nn2)CC1. The van der Waals surface area contributed by atoms with E-state index in [1.165, 1.54) is 17.1 Å². The molecule has 0 radical (unpaired) electrons. The summed E-state index contributed by atoms with van der Waals surface area (Å²) >= 11 is 0. The van der Waals surface area contributed by atoms with Gasteiger partial charge in [-0.2, -0.15) is 4.31 Å². The molecule has 184 valence electrons. The fraction of sp³-hybridized carbons (Fsp3) is 0.385. The lowest BCUT2D eigenvalue weighted by Gasteiger charge is -2.35. The zero-order valence-corrected chi connectivity index (χ0v) is 20.8. The van der Waals surface area contributed by atoms with E-state index in [-0.39, 0.29) is 4.90 Å². The van der Waals surface area contributed by atoms with Gasteiger partial charge in [0.15, 0.2) is 11.6 Å². The quantitative estimate of drug-likeness (QED) is 0.513. The molecule has 2 aliphatic rings. The second kappa shape index (κ2) is 10.2. The van der Waals surface area contributed by atoms with Crippen molar-refractivity contribution in [1.82, 2.24) is 14.5 Å². The molecular weight excluding hydrogens is 462 g/mol. The van der Waals surface area contributed by atoms with Crippen LogP contribution in [0.3, 0.4) is 0 Å². The van der Waals surface area contributed by atoms with Crippen LogP contribution < -0.4 is 14.5 Å². The highest BCUT2D eigenvalue weighted by Gasteiger charge is 2.29. The predicted octanol–water partition coefficient (Wildman–Crippen LogP) is 4.02. The first kappa shape index (κ1) is 23.6. The normalized spacial score (nSPS) is 18.0. The van der Waals surface area contributed by atoms with Crippen LogP contribution in [0.2, 0.25) is 0 Å². The molecule has 35 heavy (non-hydrogen) atoms. The van der Waals surface area contributed by atoms with E-state index in [1.807, 2.05) is 42.5 Å². The number of para-hydroxylation sites is 1. The molecule has 2 saturated heterocycles. The minimum Gasteiger partial charge on any atom is -0.457 e. The van der Waals surface area contributed by atoms with Crippen LogP contribution >= 0.6 is 0 Å². The van der Waals surface area contributed by atoms with Gasteiger partial charge in [-0.1, -0.05) is 25.1 Å². The summed E-state index contributed by atoms with van der Waals surface area (Å²) in [4.78, 5) is 4.65. The van der Waals surface area contributed by atoms with Gasteiger partial charge < -0.3 is 14.5 Å². The molecule has 5 rings (SSSR count). The summed E-state index contributed by atoms with van der Waals surface area (Å²) in [6.45, 7) is 6.28. The molecule has 0 bridgehead atoms. The fourth-order valence-electron chi connectivity index (χ4n) is 4.50. The van der Waals surface area contributed by atoms with Crippen LogP contribution in [-0.2, 0) is 10.0 Å². The van der Waals surface area contributed by atoms with Crippen LogP contribution in [0.5, 0.6) is 11.5 Å². The number of rotatable bonds is 6. The molecule has 3 heterocycles. The van der Waals surface area contributed by atoms with Crippen molar-refractivity contribution in [2.75, 3.05) is 49.1 Å². The summed E-state index contributed by atoms with van der Waals surface area (Å²) in [6.07, 6.45) is 2.37. The number of benzene rings is 2. The number of piperidine rings is 1. The summed E-state index contributed by atoms with van der Waals surface area (Å²) in [5.41, 5.74) is 0. The molecule has 0 spiro atoms. The first-order valence-corrected chi connectivity index (χ1v) is 13.6. The maximum atomic E-state index is 13.2. The number of hydrogen-bond acceptors (Lipinski definition) is 7. The van der Waals surface area contributed by atoms with E-state index in [1.54, 1.807) is 24.3 Å². The average molecular weight is 494 g/mol. The lowest BCUT2D eigenvalue weighted by atomic mass is 9.99. The zero-order chi connectivity index (χ0) is 24.3. The van der Waals surface area contributed by atoms with E-state index in [0.29, 0.717) is 37.7 Å². The molecular formula is C26H31N5O3S. The predicted molar refractivity (Wildman–Crippen MR) is 137 cm³/mol. The monoisotopic (exact) mass is 493 g/mol. The van der Waals surface area contributed by atoms with Gasteiger partial charge in [-0.05, 0) is 67.3 Å². The molecule has 2 aromatic carbocycles. The van der Waals surface area contributed by atoms with Gasteiger partial charge in [0, 0.05) is 39.3 Å². The van der Waals surface area contributed by atoms with Crippen molar-refractivity contribution in [3.63, 3.8) is 0 Å². The Labute approximate surface area is 207 Å². The second-order valence-corrected chi connectivity index (χ2v) is 11.1. The summed E-state index contributed by atoms with van der Waals surface area (Å²) in [5, 5.41) is 8.89. The lowest BCUT2D eigenvalue weighted by Crippen LogP contribution is -2.49. The zero-order valence-electron chi connectivity index (χ0n) is 20.0. The molecule has 1 aromatic heterocycles. The van der Waals surface area contributed by atoms with Crippen molar-refractivity contribution < 1.29 is 13.2 Å². The van der Waals surface area contributed by atoms with E-state index < -0.39 is 10.0 Å². The van der Waals surface area contributed by atoms with E-state index in [4.69, 9.17) is 4.74 Å². The van der Waals surface area contributed by atoms with Gasteiger partial charge in [0.2, 0.25) is 10.0 Å². The van der Waals surface area contributed by atoms with Gasteiger partial charge in [-0.3, -0.25) is 0 Å². The van der Waals surface area contributed by atoms with Crippen molar-refractivity contribution >= 4 is 21.7 Å². The smallest absolute Gasteiger partial charge is 0.243 e. The summed E-state index contributed by atoms with van der Waals surface area (Å²) in [5.74, 6) is 3.79. The van der Waals surface area contributed by atoms with Crippen LogP contribution in [0.15, 0.2) is 71.6 Å². The maximum Gasteiger partial charge on any atom is 0.243 e. The van der Waals surface area contributed by atoms with Crippen molar-refractivity contribution in [3.05, 3.63) is 66.7 Å². The summed E-state index contributed by atoms with van der Waals surface area (Å²) < 4.78 is 33.7. The number of anilines is 2. The molecule has 0 aliphatic carbocycles. The first-order valence-electron chi connectivity index (χ1n) is 12.2. The Hall–Kier alpha value is -3.17. The molecule has 9 heteroatoms. The van der Waals surface area contributed by atoms with E-state index in [0.717, 1.165) is 30.6 Å². The fourth-order valence-corrected chi connectivity index (χ4v) is 5.93. The van der Waals surface area contributed by atoms with Gasteiger partial charge in [0.05, 0.1) is 4.90 Å². The van der Waals surface area contributed by atoms with Crippen molar-refractivity contribution in [3.8, 4) is 11.5 Å². The lowest BCUT2D eigenvalue weighted by molar-refractivity contribution is 0.383. The van der Waals surface area contributed by atoms with E-state index >= 15 is 0 Å². The summed E-state index contributed by atoms with van der Waals surface area (Å²) in [7, 11) is -3.57. The van der Waals surface area contributed by atoms with Crippen molar-refractivity contribution in [2.45, 2.75) is 24.7 Å². The number of nitrogens with zero attached hydrogens (tertiary/aromatic N) is 5. The van der Waals surface area contributed by atoms with Gasteiger partial charge >= 0.3 is 0 Å². The van der Waals surface area contributed by atoms with Crippen LogP contribution in [0.1, 0.15) is 19.8 Å². The maximum absolute atomic E-state index is 13.2. The standard InChI is InChI=1S/C26H31N5O3S/c1-21-13-15-29(16-14-21)25-11-12-26(28-27-25)30-17-19-31(20-18-30)35(32,33)24-9-7-23(8-10-24)34-22-5-3-2-4-6-22/h2-12,21H,13-20H2,1H3. The molecule has 8 nitrogen and oxygen atoms in total. The molecule has 0 amide bonds. The van der Waals surface area contributed by atoms with Gasteiger partial charge in [0.25, 0.3) is 0 Å². The van der Waals surface area contributed by atoms with E-state index in [2.05, 4.69) is 26.9 Å². The molecule has 0 saturated carbocycles. The Balaban J connectivity index is 1.18. The van der Waals surface area contributed by atoms with Gasteiger partial charge in [0.1, 0.15) is 11.5 Å². The van der Waals surface area contributed by atoms with Crippen LogP contribution in [0.25, 0.3) is 0 Å². The molecule has 0 N–H and O–H groups in total. The number of aromatic nitrogens is 2. The Kier molecular flexibility index (Phi) is 6.88. The average Bonchev–Trinajstić information content (AvgIpc) is 2.90. The third kappa shape index (κ3) is 5.41. The highest BCUT2D eigenvalue weighted by Crippen LogP contribution is 2.26. The molecule has 2 aliphatic heterocycles. The number of piperazine rings is 1. The van der Waals surface area contributed by atoms with Gasteiger partial charge in [-0.15, -0.1) is 10.2 Å². The Morgan fingerprint density at radius 2 is 1.26 bits per heavy atom. The number of hydrogen-bond donors (Lipinski definition) is 0. The third-order valence-corrected chi connectivity index (χ3v) is 8.66. The van der Waals surface area contributed by atoms with Crippen LogP contribution in [0.4, 0.5) is 11.6 Å². The number of ether oxygens (including phenoxy) is 1. The third-order valence-electron chi connectivity index (χ3n) is 6.75. The molecule has 2 fully saturated rings. The van der Waals surface area contributed by atoms with Crippen LogP contribution in [-0.4, -0.2) is 62.2 Å². The van der Waals surface area contributed by atoms with Crippen molar-refractivity contribution in [1.29, 1.82) is 0 Å². The Morgan fingerprint density at radius 3 is 1.83 bits per heavy atom. The second-order valence-electron chi connectivity index (χ2n) is 9.20.